The number of hydrogen-bond donors (Lipinski definition) is 2. The average molecular weight is 612 g/mol. The van der Waals surface area contributed by atoms with Crippen molar-refractivity contribution in [3.8, 4) is 0 Å². The molecule has 0 aromatic heterocycles. The molecular weight excluding hydrogens is 532 g/mol. The summed E-state index contributed by atoms with van der Waals surface area (Å²) in [4.78, 5) is 0. The normalized spacial score (nSPS) is 13.9. The molecule has 0 aliphatic rings. The summed E-state index contributed by atoms with van der Waals surface area (Å²) < 4.78 is 11.1. The molecule has 4 nitrogen and oxygen atoms in total. The van der Waals surface area contributed by atoms with Crippen LogP contribution >= 0.6 is 0 Å². The third-order valence-corrected chi connectivity index (χ3v) is 8.93. The van der Waals surface area contributed by atoms with Crippen LogP contribution in [-0.4, -0.2) is 35.5 Å². The molecule has 0 heterocycles. The van der Waals surface area contributed by atoms with Crippen molar-refractivity contribution in [1.29, 1.82) is 0 Å². The number of aliphatic hydroxyl groups excluding tert-OH is 2. The van der Waals surface area contributed by atoms with Gasteiger partial charge in [-0.3, -0.25) is 0 Å². The molecule has 3 unspecified atom stereocenters. The topological polar surface area (TPSA) is 58.9 Å². The Hall–Kier alpha value is -0.160. The van der Waals surface area contributed by atoms with E-state index >= 15 is 0 Å². The second-order valence-electron chi connectivity index (χ2n) is 13.5. The first-order chi connectivity index (χ1) is 21.1. The van der Waals surface area contributed by atoms with Crippen LogP contribution in [0.4, 0.5) is 0 Å². The van der Waals surface area contributed by atoms with Gasteiger partial charge in [0.1, 0.15) is 0 Å². The summed E-state index contributed by atoms with van der Waals surface area (Å²) in [6.07, 6.45) is 39.4. The van der Waals surface area contributed by atoms with E-state index in [4.69, 9.17) is 9.47 Å². The Kier molecular flexibility index (Phi) is 36.2. The summed E-state index contributed by atoms with van der Waals surface area (Å²) >= 11 is 0. The van der Waals surface area contributed by atoms with Crippen molar-refractivity contribution in [1.82, 2.24) is 0 Å². The fourth-order valence-electron chi connectivity index (χ4n) is 6.01. The predicted molar refractivity (Wildman–Crippen MR) is 187 cm³/mol. The van der Waals surface area contributed by atoms with Crippen LogP contribution in [0, 0.1) is 6.92 Å². The molecule has 1 radical (unpaired) electrons. The maximum absolute atomic E-state index is 10.2. The highest BCUT2D eigenvalue weighted by molar-refractivity contribution is 4.61. The minimum Gasteiger partial charge on any atom is -0.368 e. The molecule has 2 N–H and O–H groups in total. The van der Waals surface area contributed by atoms with Crippen molar-refractivity contribution in [2.24, 2.45) is 0 Å². The Morgan fingerprint density at radius 1 is 0.395 bits per heavy atom. The molecule has 0 saturated heterocycles. The lowest BCUT2D eigenvalue weighted by molar-refractivity contribution is -0.172. The summed E-state index contributed by atoms with van der Waals surface area (Å²) in [5.41, 5.74) is 0. The molecule has 0 rings (SSSR count). The second-order valence-corrected chi connectivity index (χ2v) is 13.5. The van der Waals surface area contributed by atoms with Gasteiger partial charge in [-0.15, -0.1) is 0 Å². The molecule has 3 atom stereocenters. The standard InChI is InChI=1S/C39H79O4/c1-4-6-8-10-12-14-16-18-20-22-24-26-28-30-32-34-38(40)42-36-37(3)43-39(41)35-33-31-29-27-25-23-21-19-17-15-13-11-9-7-5-2/h37-41H,3-36H2,1-2H3. The van der Waals surface area contributed by atoms with E-state index in [-0.39, 0.29) is 6.61 Å². The third kappa shape index (κ3) is 36.2. The van der Waals surface area contributed by atoms with Crippen LogP contribution < -0.4 is 0 Å². The zero-order valence-corrected chi connectivity index (χ0v) is 29.5. The van der Waals surface area contributed by atoms with Gasteiger partial charge in [-0.25, -0.2) is 0 Å². The minimum atomic E-state index is -0.791. The summed E-state index contributed by atoms with van der Waals surface area (Å²) in [5.74, 6) is 0. The van der Waals surface area contributed by atoms with Crippen molar-refractivity contribution in [2.45, 2.75) is 238 Å². The van der Waals surface area contributed by atoms with E-state index in [2.05, 4.69) is 20.8 Å². The number of ether oxygens (including phenoxy) is 2. The van der Waals surface area contributed by atoms with Gasteiger partial charge < -0.3 is 19.7 Å². The minimum absolute atomic E-state index is 0.218. The molecule has 0 aromatic carbocycles. The van der Waals surface area contributed by atoms with E-state index < -0.39 is 18.7 Å². The average Bonchev–Trinajstić information content (AvgIpc) is 3.00. The first kappa shape index (κ1) is 42.8. The van der Waals surface area contributed by atoms with Crippen molar-refractivity contribution in [3.05, 3.63) is 6.92 Å². The van der Waals surface area contributed by atoms with E-state index in [1.165, 1.54) is 167 Å². The predicted octanol–water partition coefficient (Wildman–Crippen LogP) is 12.4. The zero-order chi connectivity index (χ0) is 31.5. The first-order valence-electron chi connectivity index (χ1n) is 19.6. The maximum Gasteiger partial charge on any atom is 0.155 e. The highest BCUT2D eigenvalue weighted by Gasteiger charge is 2.13. The molecule has 43 heavy (non-hydrogen) atoms. The van der Waals surface area contributed by atoms with Crippen LogP contribution in [0.2, 0.25) is 0 Å². The largest absolute Gasteiger partial charge is 0.368 e. The molecule has 0 aliphatic carbocycles. The van der Waals surface area contributed by atoms with E-state index in [1.807, 2.05) is 0 Å². The van der Waals surface area contributed by atoms with Gasteiger partial charge in [0.05, 0.1) is 12.7 Å². The Labute approximate surface area is 270 Å². The molecular formula is C39H79O4. The molecule has 0 amide bonds. The lowest BCUT2D eigenvalue weighted by Crippen LogP contribution is -2.26. The third-order valence-electron chi connectivity index (χ3n) is 8.93. The molecule has 0 saturated carbocycles. The second kappa shape index (κ2) is 36.3. The number of rotatable bonds is 37. The molecule has 259 valence electrons. The number of aliphatic hydroxyl groups is 2. The monoisotopic (exact) mass is 612 g/mol. The van der Waals surface area contributed by atoms with Gasteiger partial charge >= 0.3 is 0 Å². The summed E-state index contributed by atoms with van der Waals surface area (Å²) in [7, 11) is 0. The Balaban J connectivity index is 3.37. The van der Waals surface area contributed by atoms with Gasteiger partial charge in [0.25, 0.3) is 0 Å². The van der Waals surface area contributed by atoms with Crippen LogP contribution in [0.25, 0.3) is 0 Å². The van der Waals surface area contributed by atoms with Gasteiger partial charge in [0.2, 0.25) is 0 Å². The summed E-state index contributed by atoms with van der Waals surface area (Å²) in [5, 5.41) is 20.3. The van der Waals surface area contributed by atoms with E-state index in [0.29, 0.717) is 12.8 Å². The highest BCUT2D eigenvalue weighted by atomic mass is 16.6. The van der Waals surface area contributed by atoms with Crippen molar-refractivity contribution in [2.75, 3.05) is 6.61 Å². The zero-order valence-electron chi connectivity index (χ0n) is 29.5. The van der Waals surface area contributed by atoms with Crippen LogP contribution in [-0.2, 0) is 9.47 Å². The molecule has 4 heteroatoms. The molecule has 0 aromatic rings. The summed E-state index contributed by atoms with van der Waals surface area (Å²) in [6.45, 7) is 8.71. The van der Waals surface area contributed by atoms with Gasteiger partial charge in [-0.1, -0.05) is 194 Å². The van der Waals surface area contributed by atoms with Gasteiger partial charge in [-0.05, 0) is 32.6 Å². The highest BCUT2D eigenvalue weighted by Crippen LogP contribution is 2.16. The fraction of sp³-hybridized carbons (Fsp3) is 0.974. The SMILES string of the molecule is [CH2]C(COC(O)CCCCCCCCCCCCCCCCC)OC(O)CCCCCCCCCCCCCCCCC. The fourth-order valence-corrected chi connectivity index (χ4v) is 6.01. The van der Waals surface area contributed by atoms with Crippen LogP contribution in [0.1, 0.15) is 219 Å². The number of unbranched alkanes of at least 4 members (excludes halogenated alkanes) is 28. The van der Waals surface area contributed by atoms with Crippen LogP contribution in [0.3, 0.4) is 0 Å². The number of hydrogen-bond acceptors (Lipinski definition) is 4. The van der Waals surface area contributed by atoms with Crippen molar-refractivity contribution >= 4 is 0 Å². The Morgan fingerprint density at radius 3 is 0.953 bits per heavy atom. The van der Waals surface area contributed by atoms with Gasteiger partial charge in [-0.2, -0.15) is 0 Å². The van der Waals surface area contributed by atoms with Crippen molar-refractivity contribution < 1.29 is 19.7 Å². The molecule has 0 bridgehead atoms. The van der Waals surface area contributed by atoms with Crippen LogP contribution in [0.5, 0.6) is 0 Å². The van der Waals surface area contributed by atoms with E-state index in [9.17, 15) is 10.2 Å². The van der Waals surface area contributed by atoms with Gasteiger partial charge in [0, 0.05) is 0 Å². The quantitative estimate of drug-likeness (QED) is 0.0542. The Bertz CT molecular complexity index is 500. The summed E-state index contributed by atoms with van der Waals surface area (Å²) in [6, 6.07) is 0. The molecule has 0 fully saturated rings. The lowest BCUT2D eigenvalue weighted by Gasteiger charge is -2.20. The van der Waals surface area contributed by atoms with Crippen LogP contribution in [0.15, 0.2) is 0 Å². The Morgan fingerprint density at radius 2 is 0.651 bits per heavy atom. The molecule has 0 aliphatic heterocycles. The lowest BCUT2D eigenvalue weighted by atomic mass is 10.0. The van der Waals surface area contributed by atoms with Gasteiger partial charge in [0.15, 0.2) is 12.6 Å². The van der Waals surface area contributed by atoms with E-state index in [0.717, 1.165) is 25.7 Å². The first-order valence-corrected chi connectivity index (χ1v) is 19.6. The molecule has 0 spiro atoms. The smallest absolute Gasteiger partial charge is 0.155 e. The van der Waals surface area contributed by atoms with Crippen molar-refractivity contribution in [3.63, 3.8) is 0 Å². The van der Waals surface area contributed by atoms with E-state index in [1.54, 1.807) is 0 Å². The maximum atomic E-state index is 10.2.